The Morgan fingerprint density at radius 2 is 2.00 bits per heavy atom. The van der Waals surface area contributed by atoms with Gasteiger partial charge in [-0.05, 0) is 6.42 Å². The molecule has 0 amide bonds. The zero-order chi connectivity index (χ0) is 18.2. The van der Waals surface area contributed by atoms with E-state index in [1.54, 1.807) is 0 Å². The van der Waals surface area contributed by atoms with Crippen molar-refractivity contribution >= 4 is 38.2 Å². The van der Waals surface area contributed by atoms with E-state index < -0.39 is 26.0 Å². The Labute approximate surface area is 148 Å². The maximum absolute atomic E-state index is 14.5. The summed E-state index contributed by atoms with van der Waals surface area (Å²) in [5, 5.41) is -0.755. The summed E-state index contributed by atoms with van der Waals surface area (Å²) in [5.41, 5.74) is -0.243. The molecular weight excluding hydrogens is 375 g/mol. The van der Waals surface area contributed by atoms with E-state index in [0.717, 1.165) is 6.26 Å². The first-order valence-corrected chi connectivity index (χ1v) is 9.73. The number of sulfone groups is 1. The Balaban J connectivity index is 2.37. The minimum absolute atomic E-state index is 0.0293. The van der Waals surface area contributed by atoms with Crippen LogP contribution in [-0.2, 0) is 14.6 Å². The van der Waals surface area contributed by atoms with Crippen molar-refractivity contribution in [3.8, 4) is 5.88 Å². The molecule has 0 unspecified atom stereocenters. The molecule has 0 N–H and O–H groups in total. The highest BCUT2D eigenvalue weighted by Gasteiger charge is 2.26. The summed E-state index contributed by atoms with van der Waals surface area (Å²) in [5.74, 6) is -0.658. The van der Waals surface area contributed by atoms with Crippen LogP contribution in [0.15, 0.2) is 5.16 Å². The maximum atomic E-state index is 14.5. The molecule has 11 heteroatoms. The smallest absolute Gasteiger partial charge is 0.249 e. The fourth-order valence-corrected chi connectivity index (χ4v) is 3.25. The molecular formula is C14H16ClFN4O4S. The number of methoxy groups -OCH3 is 1. The van der Waals surface area contributed by atoms with Crippen molar-refractivity contribution < 1.29 is 22.3 Å². The van der Waals surface area contributed by atoms with Crippen molar-refractivity contribution in [1.29, 1.82) is 0 Å². The Bertz CT molecular complexity index is 917. The lowest BCUT2D eigenvalue weighted by molar-refractivity contribution is 0.152. The Hall–Kier alpha value is -1.78. The number of nitrogens with zero attached hydrogens (tertiary/aromatic N) is 4. The molecule has 1 fully saturated rings. The molecule has 2 aromatic heterocycles. The Morgan fingerprint density at radius 3 is 2.68 bits per heavy atom. The number of anilines is 1. The third kappa shape index (κ3) is 3.46. The van der Waals surface area contributed by atoms with Crippen LogP contribution in [0.4, 0.5) is 10.2 Å². The van der Waals surface area contributed by atoms with Crippen LogP contribution in [0.3, 0.4) is 0 Å². The monoisotopic (exact) mass is 390 g/mol. The first-order valence-electron chi connectivity index (χ1n) is 7.46. The predicted octanol–water partition coefficient (Wildman–Crippen LogP) is 1.46. The molecule has 0 atom stereocenters. The number of rotatable bonds is 3. The number of aromatic nitrogens is 3. The van der Waals surface area contributed by atoms with Crippen LogP contribution in [0, 0.1) is 5.82 Å². The molecule has 1 aliphatic heterocycles. The average Bonchev–Trinajstić information content (AvgIpc) is 2.85. The van der Waals surface area contributed by atoms with Crippen LogP contribution in [-0.4, -0.2) is 63.0 Å². The molecule has 1 aliphatic rings. The molecule has 25 heavy (non-hydrogen) atoms. The van der Waals surface area contributed by atoms with Crippen LogP contribution in [0.2, 0.25) is 5.15 Å². The van der Waals surface area contributed by atoms with Crippen molar-refractivity contribution in [3.05, 3.63) is 11.0 Å². The number of fused-ring (bicyclic) bond motifs is 1. The normalized spacial score (nSPS) is 16.1. The summed E-state index contributed by atoms with van der Waals surface area (Å²) in [4.78, 5) is 13.7. The number of pyridine rings is 1. The fraction of sp³-hybridized carbons (Fsp3) is 0.500. The summed E-state index contributed by atoms with van der Waals surface area (Å²) in [6.07, 6.45) is 1.67. The van der Waals surface area contributed by atoms with Crippen LogP contribution >= 0.6 is 11.6 Å². The Kier molecular flexibility index (Phi) is 4.94. The highest BCUT2D eigenvalue weighted by Crippen LogP contribution is 2.36. The molecule has 8 nitrogen and oxygen atoms in total. The van der Waals surface area contributed by atoms with Gasteiger partial charge in [0, 0.05) is 26.0 Å². The lowest BCUT2D eigenvalue weighted by atomic mass is 10.2. The second kappa shape index (κ2) is 6.85. The molecule has 3 heterocycles. The van der Waals surface area contributed by atoms with Gasteiger partial charge in [-0.2, -0.15) is 4.98 Å². The summed E-state index contributed by atoms with van der Waals surface area (Å²) in [7, 11) is -2.41. The van der Waals surface area contributed by atoms with E-state index in [4.69, 9.17) is 21.1 Å². The first kappa shape index (κ1) is 18.0. The van der Waals surface area contributed by atoms with Crippen molar-refractivity contribution in [3.63, 3.8) is 0 Å². The van der Waals surface area contributed by atoms with Crippen LogP contribution < -0.4 is 9.64 Å². The fourth-order valence-electron chi connectivity index (χ4n) is 2.58. The summed E-state index contributed by atoms with van der Waals surface area (Å²) in [6, 6.07) is 0. The summed E-state index contributed by atoms with van der Waals surface area (Å²) < 4.78 is 49.1. The largest absolute Gasteiger partial charge is 0.480 e. The van der Waals surface area contributed by atoms with Gasteiger partial charge in [-0.15, -0.1) is 0 Å². The van der Waals surface area contributed by atoms with E-state index in [1.807, 2.05) is 4.90 Å². The van der Waals surface area contributed by atoms with Gasteiger partial charge in [0.25, 0.3) is 0 Å². The lowest BCUT2D eigenvalue weighted by Crippen LogP contribution is -2.28. The SMILES string of the molecule is COc1nc(Cl)c(F)c2nc(S(C)(=O)=O)nc(N3CCCOCC3)c12. The van der Waals surface area contributed by atoms with E-state index in [0.29, 0.717) is 32.7 Å². The van der Waals surface area contributed by atoms with Gasteiger partial charge in [0.1, 0.15) is 16.7 Å². The van der Waals surface area contributed by atoms with Gasteiger partial charge in [0.2, 0.25) is 20.9 Å². The van der Waals surface area contributed by atoms with Crippen molar-refractivity contribution in [2.24, 2.45) is 0 Å². The van der Waals surface area contributed by atoms with E-state index in [9.17, 15) is 12.8 Å². The number of hydrogen-bond donors (Lipinski definition) is 0. The standard InChI is InChI=1S/C14H16ClFN4O4S/c1-23-13-8-10(9(16)11(15)18-13)17-14(25(2,21)22)19-12(8)20-4-3-6-24-7-5-20/h3-7H2,1-2H3. The molecule has 0 radical (unpaired) electrons. The minimum Gasteiger partial charge on any atom is -0.480 e. The van der Waals surface area contributed by atoms with E-state index in [1.165, 1.54) is 7.11 Å². The van der Waals surface area contributed by atoms with Crippen LogP contribution in [0.5, 0.6) is 5.88 Å². The van der Waals surface area contributed by atoms with Gasteiger partial charge < -0.3 is 14.4 Å². The van der Waals surface area contributed by atoms with Gasteiger partial charge in [-0.3, -0.25) is 0 Å². The highest BCUT2D eigenvalue weighted by atomic mass is 35.5. The second-order valence-electron chi connectivity index (χ2n) is 5.50. The minimum atomic E-state index is -3.76. The van der Waals surface area contributed by atoms with Gasteiger partial charge >= 0.3 is 0 Å². The van der Waals surface area contributed by atoms with E-state index >= 15 is 0 Å². The van der Waals surface area contributed by atoms with Crippen molar-refractivity contribution in [1.82, 2.24) is 15.0 Å². The zero-order valence-electron chi connectivity index (χ0n) is 13.6. The molecule has 0 saturated carbocycles. The van der Waals surface area contributed by atoms with Crippen LogP contribution in [0.25, 0.3) is 10.9 Å². The maximum Gasteiger partial charge on any atom is 0.249 e. The van der Waals surface area contributed by atoms with E-state index in [-0.39, 0.29) is 22.6 Å². The molecule has 0 spiro atoms. The molecule has 3 rings (SSSR count). The van der Waals surface area contributed by atoms with Crippen LogP contribution in [0.1, 0.15) is 6.42 Å². The van der Waals surface area contributed by atoms with Gasteiger partial charge in [-0.1, -0.05) is 11.6 Å². The first-order chi connectivity index (χ1) is 11.8. The van der Waals surface area contributed by atoms with Gasteiger partial charge in [0.15, 0.2) is 11.0 Å². The van der Waals surface area contributed by atoms with Gasteiger partial charge in [-0.25, -0.2) is 22.8 Å². The molecule has 0 bridgehead atoms. The number of halogens is 2. The lowest BCUT2D eigenvalue weighted by Gasteiger charge is -2.23. The molecule has 1 saturated heterocycles. The quantitative estimate of drug-likeness (QED) is 0.574. The molecule has 2 aromatic rings. The molecule has 136 valence electrons. The second-order valence-corrected chi connectivity index (χ2v) is 7.77. The Morgan fingerprint density at radius 1 is 1.24 bits per heavy atom. The molecule has 0 aromatic carbocycles. The number of hydrogen-bond acceptors (Lipinski definition) is 8. The average molecular weight is 391 g/mol. The third-order valence-corrected chi connectivity index (χ3v) is 4.82. The van der Waals surface area contributed by atoms with Gasteiger partial charge in [0.05, 0.1) is 13.7 Å². The summed E-state index contributed by atoms with van der Waals surface area (Å²) >= 11 is 5.79. The van der Waals surface area contributed by atoms with Crippen molar-refractivity contribution in [2.75, 3.05) is 44.6 Å². The van der Waals surface area contributed by atoms with Crippen molar-refractivity contribution in [2.45, 2.75) is 11.6 Å². The third-order valence-electron chi connectivity index (χ3n) is 3.72. The topological polar surface area (TPSA) is 94.5 Å². The predicted molar refractivity (Wildman–Crippen MR) is 89.6 cm³/mol. The summed E-state index contributed by atoms with van der Waals surface area (Å²) in [6.45, 7) is 2.03. The molecule has 0 aliphatic carbocycles. The zero-order valence-corrected chi connectivity index (χ0v) is 15.2. The van der Waals surface area contributed by atoms with E-state index in [2.05, 4.69) is 15.0 Å². The highest BCUT2D eigenvalue weighted by molar-refractivity contribution is 7.90. The number of ether oxygens (including phenoxy) is 2.